The van der Waals surface area contributed by atoms with Crippen molar-refractivity contribution in [3.05, 3.63) is 42.2 Å². The molecule has 6 nitrogen and oxygen atoms in total. The van der Waals surface area contributed by atoms with E-state index in [1.165, 1.54) is 0 Å². The van der Waals surface area contributed by atoms with Gasteiger partial charge in [0.25, 0.3) is 0 Å². The summed E-state index contributed by atoms with van der Waals surface area (Å²) in [5.74, 6) is 0.0844. The Morgan fingerprint density at radius 2 is 2.04 bits per heavy atom. The molecule has 3 atom stereocenters. The Labute approximate surface area is 144 Å². The number of carbonyl (C=O) groups is 1. The molecule has 0 radical (unpaired) electrons. The second kappa shape index (κ2) is 6.86. The highest BCUT2D eigenvalue weighted by atomic mass is 32.2. The predicted octanol–water partition coefficient (Wildman–Crippen LogP) is 1.61. The summed E-state index contributed by atoms with van der Waals surface area (Å²) < 4.78 is 13.2. The van der Waals surface area contributed by atoms with Gasteiger partial charge in [-0.1, -0.05) is 12.1 Å². The average molecular weight is 346 g/mol. The highest BCUT2D eigenvalue weighted by molar-refractivity contribution is 7.84. The van der Waals surface area contributed by atoms with Crippen LogP contribution in [0.4, 0.5) is 5.69 Å². The van der Waals surface area contributed by atoms with E-state index in [1.54, 1.807) is 22.0 Å². The van der Waals surface area contributed by atoms with Crippen LogP contribution >= 0.6 is 0 Å². The quantitative estimate of drug-likeness (QED) is 0.893. The number of nitrogens with one attached hydrogen (secondary N) is 1. The van der Waals surface area contributed by atoms with Crippen LogP contribution in [0.2, 0.25) is 0 Å². The highest BCUT2D eigenvalue weighted by Gasteiger charge is 2.33. The van der Waals surface area contributed by atoms with E-state index in [0.29, 0.717) is 6.54 Å². The van der Waals surface area contributed by atoms with Gasteiger partial charge in [0, 0.05) is 47.8 Å². The smallest absolute Gasteiger partial charge is 0.244 e. The summed E-state index contributed by atoms with van der Waals surface area (Å²) >= 11 is 0. The molecule has 7 heteroatoms. The van der Waals surface area contributed by atoms with Crippen LogP contribution in [0, 0.1) is 0 Å². The van der Waals surface area contributed by atoms with Gasteiger partial charge in [-0.25, -0.2) is 0 Å². The van der Waals surface area contributed by atoms with Gasteiger partial charge in [-0.2, -0.15) is 5.10 Å². The number of aromatic nitrogens is 2. The fourth-order valence-corrected chi connectivity index (χ4v) is 3.50. The van der Waals surface area contributed by atoms with E-state index in [9.17, 15) is 9.00 Å². The molecule has 2 aromatic rings. The van der Waals surface area contributed by atoms with Gasteiger partial charge in [-0.3, -0.25) is 19.0 Å². The van der Waals surface area contributed by atoms with Crippen molar-refractivity contribution in [3.8, 4) is 0 Å². The maximum absolute atomic E-state index is 12.6. The fraction of sp³-hybridized carbons (Fsp3) is 0.412. The number of benzene rings is 1. The van der Waals surface area contributed by atoms with E-state index < -0.39 is 10.8 Å². The number of nitrogens with zero attached hydrogens (tertiary/aromatic N) is 3. The van der Waals surface area contributed by atoms with Crippen LogP contribution in [0.25, 0.3) is 0 Å². The van der Waals surface area contributed by atoms with Gasteiger partial charge in [0.2, 0.25) is 5.91 Å². The van der Waals surface area contributed by atoms with Crippen LogP contribution in [0.5, 0.6) is 0 Å². The summed E-state index contributed by atoms with van der Waals surface area (Å²) in [6.45, 7) is 2.74. The third-order valence-electron chi connectivity index (χ3n) is 4.37. The first-order chi connectivity index (χ1) is 11.5. The van der Waals surface area contributed by atoms with E-state index in [0.717, 1.165) is 22.6 Å². The van der Waals surface area contributed by atoms with Crippen molar-refractivity contribution in [2.45, 2.75) is 30.3 Å². The SMILES string of the molecule is C[C@H](N[C@@H]1CCN(c2cnn(C)c2)C1=O)c1ccc([S@](C)=O)cc1. The first-order valence-corrected chi connectivity index (χ1v) is 9.51. The van der Waals surface area contributed by atoms with Crippen LogP contribution in [0.15, 0.2) is 41.6 Å². The van der Waals surface area contributed by atoms with Crippen molar-refractivity contribution in [3.63, 3.8) is 0 Å². The maximum atomic E-state index is 12.6. The number of anilines is 1. The number of amides is 1. The molecule has 3 rings (SSSR count). The minimum Gasteiger partial charge on any atom is -0.308 e. The van der Waals surface area contributed by atoms with Crippen molar-refractivity contribution >= 4 is 22.4 Å². The molecule has 128 valence electrons. The van der Waals surface area contributed by atoms with E-state index in [4.69, 9.17) is 0 Å². The molecule has 0 saturated carbocycles. The Hall–Kier alpha value is -1.99. The third kappa shape index (κ3) is 3.42. The molecule has 2 heterocycles. The van der Waals surface area contributed by atoms with Crippen molar-refractivity contribution in [2.75, 3.05) is 17.7 Å². The van der Waals surface area contributed by atoms with E-state index in [-0.39, 0.29) is 18.0 Å². The molecular weight excluding hydrogens is 324 g/mol. The number of carbonyl (C=O) groups excluding carboxylic acids is 1. The van der Waals surface area contributed by atoms with E-state index in [2.05, 4.69) is 10.4 Å². The zero-order chi connectivity index (χ0) is 17.3. The van der Waals surface area contributed by atoms with Crippen LogP contribution < -0.4 is 10.2 Å². The van der Waals surface area contributed by atoms with E-state index >= 15 is 0 Å². The Morgan fingerprint density at radius 1 is 1.33 bits per heavy atom. The molecule has 1 N–H and O–H groups in total. The minimum atomic E-state index is -0.973. The van der Waals surface area contributed by atoms with Gasteiger partial charge in [0.05, 0.1) is 17.9 Å². The fourth-order valence-electron chi connectivity index (χ4n) is 2.98. The van der Waals surface area contributed by atoms with Crippen molar-refractivity contribution in [1.82, 2.24) is 15.1 Å². The summed E-state index contributed by atoms with van der Waals surface area (Å²) in [4.78, 5) is 15.2. The van der Waals surface area contributed by atoms with Crippen LogP contribution in [-0.2, 0) is 22.6 Å². The monoisotopic (exact) mass is 346 g/mol. The summed E-state index contributed by atoms with van der Waals surface area (Å²) in [7, 11) is 0.869. The van der Waals surface area contributed by atoms with Gasteiger partial charge in [-0.15, -0.1) is 0 Å². The van der Waals surface area contributed by atoms with Crippen molar-refractivity contribution in [1.29, 1.82) is 0 Å². The third-order valence-corrected chi connectivity index (χ3v) is 5.31. The molecule has 1 fully saturated rings. The molecule has 0 aliphatic carbocycles. The van der Waals surface area contributed by atoms with Gasteiger partial charge < -0.3 is 4.90 Å². The summed E-state index contributed by atoms with van der Waals surface area (Å²) in [5, 5.41) is 7.53. The number of hydrogen-bond acceptors (Lipinski definition) is 4. The second-order valence-electron chi connectivity index (χ2n) is 6.11. The molecule has 24 heavy (non-hydrogen) atoms. The Bertz CT molecular complexity index is 756. The Balaban J connectivity index is 1.65. The Morgan fingerprint density at radius 3 is 2.62 bits per heavy atom. The highest BCUT2D eigenvalue weighted by Crippen LogP contribution is 2.23. The molecule has 1 aromatic heterocycles. The zero-order valence-corrected chi connectivity index (χ0v) is 14.9. The summed E-state index contributed by atoms with van der Waals surface area (Å²) in [5.41, 5.74) is 1.92. The average Bonchev–Trinajstić information content (AvgIpc) is 3.14. The lowest BCUT2D eigenvalue weighted by atomic mass is 10.1. The normalized spacial score (nSPS) is 20.4. The molecule has 0 bridgehead atoms. The van der Waals surface area contributed by atoms with Crippen LogP contribution in [-0.4, -0.2) is 38.7 Å². The first kappa shape index (κ1) is 16.9. The Kier molecular flexibility index (Phi) is 4.82. The second-order valence-corrected chi connectivity index (χ2v) is 7.49. The van der Waals surface area contributed by atoms with Gasteiger partial charge in [0.1, 0.15) is 0 Å². The summed E-state index contributed by atoms with van der Waals surface area (Å²) in [6, 6.07) is 7.54. The molecular formula is C17H22N4O2S. The number of rotatable bonds is 5. The largest absolute Gasteiger partial charge is 0.308 e. The maximum Gasteiger partial charge on any atom is 0.244 e. The first-order valence-electron chi connectivity index (χ1n) is 7.95. The van der Waals surface area contributed by atoms with Gasteiger partial charge in [0.15, 0.2) is 0 Å². The van der Waals surface area contributed by atoms with Crippen molar-refractivity contribution < 1.29 is 9.00 Å². The van der Waals surface area contributed by atoms with Gasteiger partial charge >= 0.3 is 0 Å². The minimum absolute atomic E-state index is 0.0483. The van der Waals surface area contributed by atoms with Crippen LogP contribution in [0.1, 0.15) is 24.9 Å². The van der Waals surface area contributed by atoms with E-state index in [1.807, 2.05) is 44.4 Å². The zero-order valence-electron chi connectivity index (χ0n) is 14.1. The van der Waals surface area contributed by atoms with Crippen molar-refractivity contribution in [2.24, 2.45) is 7.05 Å². The van der Waals surface area contributed by atoms with Crippen LogP contribution in [0.3, 0.4) is 0 Å². The standard InChI is InChI=1S/C17H22N4O2S/c1-12(13-4-6-15(7-5-13)24(3)23)19-16-8-9-21(17(16)22)14-10-18-20(2)11-14/h4-7,10-12,16,19H,8-9H2,1-3H3/t12-,16+,24-/m0/s1. The molecule has 1 saturated heterocycles. The molecule has 1 aliphatic rings. The molecule has 0 unspecified atom stereocenters. The lowest BCUT2D eigenvalue weighted by molar-refractivity contribution is -0.119. The van der Waals surface area contributed by atoms with Gasteiger partial charge in [-0.05, 0) is 31.0 Å². The molecule has 1 aromatic carbocycles. The molecule has 1 aliphatic heterocycles. The number of aryl methyl sites for hydroxylation is 1. The topological polar surface area (TPSA) is 67.2 Å². The molecule has 1 amide bonds. The lowest BCUT2D eigenvalue weighted by Crippen LogP contribution is -2.39. The number of hydrogen-bond donors (Lipinski definition) is 1. The lowest BCUT2D eigenvalue weighted by Gasteiger charge is -2.20. The predicted molar refractivity (Wildman–Crippen MR) is 94.3 cm³/mol. The molecule has 0 spiro atoms. The summed E-state index contributed by atoms with van der Waals surface area (Å²) in [6.07, 6.45) is 6.01.